The molecule has 0 saturated heterocycles. The zero-order chi connectivity index (χ0) is 17.0. The van der Waals surface area contributed by atoms with Crippen molar-refractivity contribution in [1.82, 2.24) is 0 Å². The molecule has 2 aromatic rings. The Bertz CT molecular complexity index is 912. The molecule has 2 aromatic carbocycles. The van der Waals surface area contributed by atoms with Crippen molar-refractivity contribution < 1.29 is 0 Å². The number of hydrogen-bond donors (Lipinski definition) is 0. The Morgan fingerprint density at radius 1 is 0.958 bits per heavy atom. The van der Waals surface area contributed by atoms with Crippen LogP contribution in [0.3, 0.4) is 0 Å². The van der Waals surface area contributed by atoms with E-state index >= 15 is 0 Å². The quantitative estimate of drug-likeness (QED) is 0.762. The van der Waals surface area contributed by atoms with Crippen LogP contribution in [0.5, 0.6) is 0 Å². The van der Waals surface area contributed by atoms with Crippen LogP contribution in [0.1, 0.15) is 36.8 Å². The molecule has 0 N–H and O–H groups in total. The first kappa shape index (κ1) is 15.8. The summed E-state index contributed by atoms with van der Waals surface area (Å²) < 4.78 is 0. The van der Waals surface area contributed by atoms with Gasteiger partial charge in [-0.15, -0.1) is 0 Å². The van der Waals surface area contributed by atoms with Crippen molar-refractivity contribution in [3.8, 4) is 18.2 Å². The van der Waals surface area contributed by atoms with Crippen LogP contribution in [0.2, 0.25) is 0 Å². The van der Waals surface area contributed by atoms with Crippen LogP contribution in [0.15, 0.2) is 48.0 Å². The van der Waals surface area contributed by atoms with Crippen LogP contribution in [0, 0.1) is 39.4 Å². The number of nitriles is 3. The second kappa shape index (κ2) is 6.57. The molecule has 1 aliphatic carbocycles. The Kier molecular flexibility index (Phi) is 4.33. The Hall–Kier alpha value is -3.09. The van der Waals surface area contributed by atoms with Gasteiger partial charge in [0, 0.05) is 6.42 Å². The molecule has 116 valence electrons. The van der Waals surface area contributed by atoms with E-state index in [2.05, 4.69) is 24.3 Å². The topological polar surface area (TPSA) is 71.4 Å². The highest BCUT2D eigenvalue weighted by Gasteiger charge is 2.30. The highest BCUT2D eigenvalue weighted by atomic mass is 14.4. The van der Waals surface area contributed by atoms with Crippen molar-refractivity contribution in [2.45, 2.75) is 32.1 Å². The first-order chi connectivity index (χ1) is 11.7. The molecule has 0 amide bonds. The van der Waals surface area contributed by atoms with E-state index in [1.807, 2.05) is 30.3 Å². The van der Waals surface area contributed by atoms with Gasteiger partial charge in [0.25, 0.3) is 0 Å². The standard InChI is InChI=1S/C21H17N3/c22-13-18-9-8-17(19-6-1-2-7-20(18)19)12-21(14-23,15-24)11-10-16-4-3-5-16/h1-2,6-10H,3-5,11-12H2. The van der Waals surface area contributed by atoms with E-state index in [0.717, 1.165) is 29.2 Å². The molecule has 0 spiro atoms. The smallest absolute Gasteiger partial charge is 0.151 e. The van der Waals surface area contributed by atoms with Gasteiger partial charge in [-0.1, -0.05) is 42.0 Å². The lowest BCUT2D eigenvalue weighted by Crippen LogP contribution is -2.19. The van der Waals surface area contributed by atoms with Crippen LogP contribution in [0.4, 0.5) is 0 Å². The molecule has 1 aliphatic rings. The summed E-state index contributed by atoms with van der Waals surface area (Å²) in [6.45, 7) is 0. The van der Waals surface area contributed by atoms with Gasteiger partial charge in [0.05, 0.1) is 23.8 Å². The molecule has 0 atom stereocenters. The van der Waals surface area contributed by atoms with Gasteiger partial charge in [-0.25, -0.2) is 0 Å². The molecular formula is C21H17N3. The zero-order valence-electron chi connectivity index (χ0n) is 13.4. The summed E-state index contributed by atoms with van der Waals surface area (Å²) in [6, 6.07) is 18.0. The Balaban J connectivity index is 1.99. The van der Waals surface area contributed by atoms with Crippen LogP contribution >= 0.6 is 0 Å². The maximum atomic E-state index is 9.66. The first-order valence-electron chi connectivity index (χ1n) is 8.12. The minimum atomic E-state index is -1.06. The third-order valence-corrected chi connectivity index (χ3v) is 4.79. The van der Waals surface area contributed by atoms with E-state index in [4.69, 9.17) is 0 Å². The molecule has 0 unspecified atom stereocenters. The number of fused-ring (bicyclic) bond motifs is 1. The summed E-state index contributed by atoms with van der Waals surface area (Å²) in [5.41, 5.74) is 1.86. The second-order valence-electron chi connectivity index (χ2n) is 6.33. The second-order valence-corrected chi connectivity index (χ2v) is 6.33. The van der Waals surface area contributed by atoms with E-state index in [1.165, 1.54) is 12.0 Å². The van der Waals surface area contributed by atoms with Gasteiger partial charge in [0.2, 0.25) is 0 Å². The molecule has 3 rings (SSSR count). The van der Waals surface area contributed by atoms with E-state index < -0.39 is 5.41 Å². The van der Waals surface area contributed by atoms with Gasteiger partial charge < -0.3 is 0 Å². The van der Waals surface area contributed by atoms with E-state index in [0.29, 0.717) is 18.4 Å². The monoisotopic (exact) mass is 311 g/mol. The minimum absolute atomic E-state index is 0.371. The number of benzene rings is 2. The molecular weight excluding hydrogens is 294 g/mol. The first-order valence-corrected chi connectivity index (χ1v) is 8.12. The molecule has 0 aromatic heterocycles. The van der Waals surface area contributed by atoms with Crippen molar-refractivity contribution in [3.05, 3.63) is 59.2 Å². The summed E-state index contributed by atoms with van der Waals surface area (Å²) in [5, 5.41) is 30.4. The third-order valence-electron chi connectivity index (χ3n) is 4.79. The van der Waals surface area contributed by atoms with E-state index in [1.54, 1.807) is 6.07 Å². The predicted octanol–water partition coefficient (Wildman–Crippen LogP) is 4.79. The molecule has 24 heavy (non-hydrogen) atoms. The average molecular weight is 311 g/mol. The fraction of sp³-hybridized carbons (Fsp3) is 0.286. The zero-order valence-corrected chi connectivity index (χ0v) is 13.4. The number of rotatable bonds is 4. The van der Waals surface area contributed by atoms with Crippen LogP contribution in [-0.4, -0.2) is 0 Å². The normalized spacial score (nSPS) is 13.5. The Morgan fingerprint density at radius 3 is 2.25 bits per heavy atom. The predicted molar refractivity (Wildman–Crippen MR) is 92.6 cm³/mol. The van der Waals surface area contributed by atoms with Crippen LogP contribution in [-0.2, 0) is 6.42 Å². The number of hydrogen-bond acceptors (Lipinski definition) is 3. The molecule has 1 fully saturated rings. The van der Waals surface area contributed by atoms with Crippen molar-refractivity contribution in [2.24, 2.45) is 5.41 Å². The van der Waals surface area contributed by atoms with E-state index in [-0.39, 0.29) is 0 Å². The van der Waals surface area contributed by atoms with Crippen molar-refractivity contribution in [2.75, 3.05) is 0 Å². The molecule has 0 bridgehead atoms. The highest BCUT2D eigenvalue weighted by molar-refractivity contribution is 5.90. The van der Waals surface area contributed by atoms with Gasteiger partial charge in [-0.3, -0.25) is 0 Å². The summed E-state index contributed by atoms with van der Waals surface area (Å²) >= 11 is 0. The molecule has 3 nitrogen and oxygen atoms in total. The lowest BCUT2D eigenvalue weighted by atomic mass is 9.78. The maximum Gasteiger partial charge on any atom is 0.151 e. The highest BCUT2D eigenvalue weighted by Crippen LogP contribution is 2.34. The van der Waals surface area contributed by atoms with Gasteiger partial charge >= 0.3 is 0 Å². The number of allylic oxidation sites excluding steroid dienone is 2. The van der Waals surface area contributed by atoms with Crippen LogP contribution in [0.25, 0.3) is 10.8 Å². The number of nitrogens with zero attached hydrogens (tertiary/aromatic N) is 3. The van der Waals surface area contributed by atoms with Gasteiger partial charge in [-0.05, 0) is 48.1 Å². The molecule has 0 radical (unpaired) electrons. The Morgan fingerprint density at radius 2 is 1.67 bits per heavy atom. The molecule has 3 heteroatoms. The lowest BCUT2D eigenvalue weighted by Gasteiger charge is -2.21. The summed E-state index contributed by atoms with van der Waals surface area (Å²) in [7, 11) is 0. The molecule has 0 heterocycles. The van der Waals surface area contributed by atoms with Gasteiger partial charge in [0.1, 0.15) is 0 Å². The van der Waals surface area contributed by atoms with E-state index in [9.17, 15) is 15.8 Å². The summed E-state index contributed by atoms with van der Waals surface area (Å²) in [6.07, 6.45) is 6.29. The third kappa shape index (κ3) is 2.88. The molecule has 0 aliphatic heterocycles. The largest absolute Gasteiger partial charge is 0.197 e. The van der Waals surface area contributed by atoms with Crippen molar-refractivity contribution in [1.29, 1.82) is 15.8 Å². The van der Waals surface area contributed by atoms with Gasteiger partial charge in [-0.2, -0.15) is 15.8 Å². The molecule has 1 saturated carbocycles. The maximum absolute atomic E-state index is 9.66. The fourth-order valence-corrected chi connectivity index (χ4v) is 3.11. The summed E-state index contributed by atoms with van der Waals surface area (Å²) in [5.74, 6) is 0. The van der Waals surface area contributed by atoms with Crippen LogP contribution < -0.4 is 0 Å². The van der Waals surface area contributed by atoms with Crippen molar-refractivity contribution in [3.63, 3.8) is 0 Å². The SMILES string of the molecule is N#Cc1ccc(CC(C#N)(C#N)CC=C2CCC2)c2ccccc12. The van der Waals surface area contributed by atoms with Gasteiger partial charge in [0.15, 0.2) is 5.41 Å². The fourth-order valence-electron chi connectivity index (χ4n) is 3.11. The minimum Gasteiger partial charge on any atom is -0.197 e. The Labute approximate surface area is 142 Å². The van der Waals surface area contributed by atoms with Crippen molar-refractivity contribution >= 4 is 10.8 Å². The average Bonchev–Trinajstić information content (AvgIpc) is 2.59. The lowest BCUT2D eigenvalue weighted by molar-refractivity contribution is 0.519. The summed E-state index contributed by atoms with van der Waals surface area (Å²) in [4.78, 5) is 0.